The van der Waals surface area contributed by atoms with Gasteiger partial charge in [0.1, 0.15) is 0 Å². The summed E-state index contributed by atoms with van der Waals surface area (Å²) in [6.45, 7) is 1.87. The Morgan fingerprint density at radius 2 is 2.00 bits per heavy atom. The van der Waals surface area contributed by atoms with Gasteiger partial charge in [-0.3, -0.25) is 4.68 Å². The van der Waals surface area contributed by atoms with Crippen LogP contribution >= 0.6 is 23.4 Å². The van der Waals surface area contributed by atoms with Crippen LogP contribution in [0, 0.1) is 6.92 Å². The molecular weight excluding hydrogens is 280 g/mol. The van der Waals surface area contributed by atoms with Gasteiger partial charge in [-0.15, -0.1) is 11.8 Å². The number of hydrogen-bond donors (Lipinski definition) is 1. The van der Waals surface area contributed by atoms with Crippen LogP contribution in [0.3, 0.4) is 0 Å². The second-order valence-electron chi connectivity index (χ2n) is 4.46. The number of aliphatic hydroxyl groups is 1. The zero-order chi connectivity index (χ0) is 14.0. The number of rotatable bonds is 4. The first kappa shape index (κ1) is 14.4. The Labute approximate surface area is 122 Å². The molecule has 102 valence electrons. The average Bonchev–Trinajstić information content (AvgIpc) is 2.65. The van der Waals surface area contributed by atoms with Crippen molar-refractivity contribution in [1.29, 1.82) is 0 Å². The highest BCUT2D eigenvalue weighted by molar-refractivity contribution is 7.98. The van der Waals surface area contributed by atoms with E-state index in [0.717, 1.165) is 17.0 Å². The summed E-state index contributed by atoms with van der Waals surface area (Å²) < 4.78 is 1.73. The number of hydrogen-bond acceptors (Lipinski definition) is 3. The molecule has 1 aromatic carbocycles. The lowest BCUT2D eigenvalue weighted by molar-refractivity contribution is 0.176. The second-order valence-corrected chi connectivity index (χ2v) is 5.72. The van der Waals surface area contributed by atoms with Crippen molar-refractivity contribution in [3.05, 3.63) is 46.2 Å². The van der Waals surface area contributed by atoms with Crippen LogP contribution in [0.5, 0.6) is 0 Å². The van der Waals surface area contributed by atoms with Gasteiger partial charge >= 0.3 is 0 Å². The van der Waals surface area contributed by atoms with E-state index < -0.39 is 6.10 Å². The molecule has 1 N–H and O–H groups in total. The SMILES string of the molecule is CSc1ccc(C(O)Cc2c(Cl)c(C)nn2C)cc1. The van der Waals surface area contributed by atoms with Crippen molar-refractivity contribution >= 4 is 23.4 Å². The van der Waals surface area contributed by atoms with E-state index in [1.165, 1.54) is 4.90 Å². The van der Waals surface area contributed by atoms with Gasteiger partial charge in [0.2, 0.25) is 0 Å². The van der Waals surface area contributed by atoms with Crippen LogP contribution in [0.2, 0.25) is 5.02 Å². The van der Waals surface area contributed by atoms with Gasteiger partial charge in [-0.1, -0.05) is 23.7 Å². The lowest BCUT2D eigenvalue weighted by Crippen LogP contribution is -2.06. The summed E-state index contributed by atoms with van der Waals surface area (Å²) in [5, 5.41) is 15.2. The Kier molecular flexibility index (Phi) is 4.55. The number of aryl methyl sites for hydroxylation is 2. The molecule has 0 spiro atoms. The minimum Gasteiger partial charge on any atom is -0.388 e. The van der Waals surface area contributed by atoms with E-state index in [1.807, 2.05) is 44.5 Å². The molecule has 1 heterocycles. The summed E-state index contributed by atoms with van der Waals surface area (Å²) in [6, 6.07) is 7.93. The van der Waals surface area contributed by atoms with Crippen LogP contribution in [0.1, 0.15) is 23.1 Å². The molecule has 1 aromatic heterocycles. The molecule has 0 aliphatic heterocycles. The molecule has 2 aromatic rings. The summed E-state index contributed by atoms with van der Waals surface area (Å²) in [7, 11) is 1.84. The third-order valence-corrected chi connectivity index (χ3v) is 4.38. The first-order valence-electron chi connectivity index (χ1n) is 6.03. The maximum absolute atomic E-state index is 10.3. The molecule has 19 heavy (non-hydrogen) atoms. The number of halogens is 1. The van der Waals surface area contributed by atoms with Crippen LogP contribution < -0.4 is 0 Å². The highest BCUT2D eigenvalue weighted by Gasteiger charge is 2.16. The van der Waals surface area contributed by atoms with E-state index in [0.29, 0.717) is 11.4 Å². The van der Waals surface area contributed by atoms with Crippen LogP contribution in [0.4, 0.5) is 0 Å². The molecule has 0 radical (unpaired) electrons. The molecule has 0 saturated heterocycles. The first-order valence-corrected chi connectivity index (χ1v) is 7.63. The van der Waals surface area contributed by atoms with E-state index in [9.17, 15) is 5.11 Å². The molecule has 0 aliphatic carbocycles. The average molecular weight is 297 g/mol. The molecule has 0 bridgehead atoms. The number of nitrogens with zero attached hydrogens (tertiary/aromatic N) is 2. The fraction of sp³-hybridized carbons (Fsp3) is 0.357. The summed E-state index contributed by atoms with van der Waals surface area (Å²) in [5.41, 5.74) is 2.55. The van der Waals surface area contributed by atoms with Gasteiger partial charge in [-0.2, -0.15) is 5.10 Å². The van der Waals surface area contributed by atoms with Crippen LogP contribution in [0.25, 0.3) is 0 Å². The molecule has 0 aliphatic rings. The summed E-state index contributed by atoms with van der Waals surface area (Å²) >= 11 is 7.88. The van der Waals surface area contributed by atoms with Gasteiger partial charge in [-0.05, 0) is 30.9 Å². The molecule has 2 rings (SSSR count). The predicted molar refractivity (Wildman–Crippen MR) is 79.8 cm³/mol. The summed E-state index contributed by atoms with van der Waals surface area (Å²) in [5.74, 6) is 0. The quantitative estimate of drug-likeness (QED) is 0.879. The Balaban J connectivity index is 2.17. The third kappa shape index (κ3) is 3.14. The van der Waals surface area contributed by atoms with Crippen molar-refractivity contribution in [2.24, 2.45) is 7.05 Å². The van der Waals surface area contributed by atoms with E-state index in [2.05, 4.69) is 5.10 Å². The lowest BCUT2D eigenvalue weighted by atomic mass is 10.0. The van der Waals surface area contributed by atoms with Gasteiger partial charge < -0.3 is 5.11 Å². The van der Waals surface area contributed by atoms with Crippen molar-refractivity contribution in [2.75, 3.05) is 6.26 Å². The predicted octanol–water partition coefficient (Wildman–Crippen LogP) is 3.38. The van der Waals surface area contributed by atoms with Crippen molar-refractivity contribution in [1.82, 2.24) is 9.78 Å². The molecule has 0 amide bonds. The van der Waals surface area contributed by atoms with Crippen LogP contribution in [-0.2, 0) is 13.5 Å². The summed E-state index contributed by atoms with van der Waals surface area (Å²) in [6.07, 6.45) is 1.93. The normalized spacial score (nSPS) is 12.7. The van der Waals surface area contributed by atoms with Gasteiger partial charge in [0.15, 0.2) is 0 Å². The maximum Gasteiger partial charge on any atom is 0.0848 e. The Bertz CT molecular complexity index is 566. The Hall–Kier alpha value is -0.970. The van der Waals surface area contributed by atoms with E-state index in [4.69, 9.17) is 11.6 Å². The smallest absolute Gasteiger partial charge is 0.0848 e. The molecule has 1 atom stereocenters. The van der Waals surface area contributed by atoms with Crippen molar-refractivity contribution in [3.63, 3.8) is 0 Å². The topological polar surface area (TPSA) is 38.1 Å². The summed E-state index contributed by atoms with van der Waals surface area (Å²) in [4.78, 5) is 1.19. The molecule has 3 nitrogen and oxygen atoms in total. The third-order valence-electron chi connectivity index (χ3n) is 3.15. The number of aliphatic hydroxyl groups excluding tert-OH is 1. The first-order chi connectivity index (χ1) is 9.02. The van der Waals surface area contributed by atoms with Gasteiger partial charge in [0.05, 0.1) is 22.5 Å². The van der Waals surface area contributed by atoms with Gasteiger partial charge in [0.25, 0.3) is 0 Å². The molecule has 0 saturated carbocycles. The van der Waals surface area contributed by atoms with Crippen molar-refractivity contribution < 1.29 is 5.11 Å². The van der Waals surface area contributed by atoms with Gasteiger partial charge in [0, 0.05) is 18.4 Å². The van der Waals surface area contributed by atoms with Gasteiger partial charge in [-0.25, -0.2) is 0 Å². The monoisotopic (exact) mass is 296 g/mol. The lowest BCUT2D eigenvalue weighted by Gasteiger charge is -2.12. The minimum absolute atomic E-state index is 0.467. The standard InChI is InChI=1S/C14H17ClN2OS/c1-9-14(15)12(17(2)16-9)8-13(18)10-4-6-11(19-3)7-5-10/h4-7,13,18H,8H2,1-3H3. The fourth-order valence-electron chi connectivity index (χ4n) is 2.03. The molecule has 0 fully saturated rings. The molecule has 1 unspecified atom stereocenters. The fourth-order valence-corrected chi connectivity index (χ4v) is 2.67. The van der Waals surface area contributed by atoms with E-state index in [-0.39, 0.29) is 0 Å². The van der Waals surface area contributed by atoms with E-state index >= 15 is 0 Å². The van der Waals surface area contributed by atoms with Crippen LogP contribution in [-0.4, -0.2) is 21.1 Å². The maximum atomic E-state index is 10.3. The zero-order valence-electron chi connectivity index (χ0n) is 11.2. The van der Waals surface area contributed by atoms with Crippen molar-refractivity contribution in [3.8, 4) is 0 Å². The Morgan fingerprint density at radius 3 is 2.47 bits per heavy atom. The molecular formula is C14H17ClN2OS. The highest BCUT2D eigenvalue weighted by atomic mass is 35.5. The van der Waals surface area contributed by atoms with E-state index in [1.54, 1.807) is 16.4 Å². The highest BCUT2D eigenvalue weighted by Crippen LogP contribution is 2.26. The second kappa shape index (κ2) is 5.99. The zero-order valence-corrected chi connectivity index (χ0v) is 12.8. The van der Waals surface area contributed by atoms with Crippen LogP contribution in [0.15, 0.2) is 29.2 Å². The minimum atomic E-state index is -0.566. The van der Waals surface area contributed by atoms with Crippen molar-refractivity contribution in [2.45, 2.75) is 24.3 Å². The largest absolute Gasteiger partial charge is 0.388 e. The number of benzene rings is 1. The molecule has 5 heteroatoms. The number of aromatic nitrogens is 2. The Morgan fingerprint density at radius 1 is 1.37 bits per heavy atom. The number of thioether (sulfide) groups is 1.